The van der Waals surface area contributed by atoms with Gasteiger partial charge in [0.2, 0.25) is 0 Å². The molecule has 0 bridgehead atoms. The van der Waals surface area contributed by atoms with Gasteiger partial charge in [0, 0.05) is 11.3 Å². The molecule has 0 unspecified atom stereocenters. The summed E-state index contributed by atoms with van der Waals surface area (Å²) in [5, 5.41) is 1.25. The monoisotopic (exact) mass is 229 g/mol. The van der Waals surface area contributed by atoms with E-state index in [1.54, 1.807) is 0 Å². The zero-order valence-electron chi connectivity index (χ0n) is 10.6. The van der Waals surface area contributed by atoms with Crippen molar-refractivity contribution in [3.05, 3.63) is 35.6 Å². The lowest BCUT2D eigenvalue weighted by molar-refractivity contribution is 0.242. The molecule has 0 spiro atoms. The van der Waals surface area contributed by atoms with Crippen molar-refractivity contribution >= 4 is 11.0 Å². The van der Waals surface area contributed by atoms with Crippen molar-refractivity contribution in [2.75, 3.05) is 20.1 Å². The zero-order valence-corrected chi connectivity index (χ0v) is 10.6. The van der Waals surface area contributed by atoms with Gasteiger partial charge in [-0.2, -0.15) is 0 Å². The van der Waals surface area contributed by atoms with Crippen molar-refractivity contribution in [2.24, 2.45) is 0 Å². The number of piperidine rings is 1. The molecule has 1 fully saturated rings. The standard InChI is InChI=1S/C15H19NO/c1-11-3-4-14-13(9-11)10-15(17-14)12-5-7-16(2)8-6-12/h3-4,9-10,12H,5-8H2,1-2H3. The number of likely N-dealkylation sites (tertiary alicyclic amines) is 1. The van der Waals surface area contributed by atoms with Gasteiger partial charge in [0.25, 0.3) is 0 Å². The molecule has 0 N–H and O–H groups in total. The molecule has 90 valence electrons. The molecular weight excluding hydrogens is 210 g/mol. The highest BCUT2D eigenvalue weighted by Crippen LogP contribution is 2.32. The van der Waals surface area contributed by atoms with Crippen molar-refractivity contribution in [3.8, 4) is 0 Å². The predicted octanol–water partition coefficient (Wildman–Crippen LogP) is 3.55. The molecule has 0 atom stereocenters. The van der Waals surface area contributed by atoms with Crippen molar-refractivity contribution in [3.63, 3.8) is 0 Å². The van der Waals surface area contributed by atoms with Gasteiger partial charge in [-0.15, -0.1) is 0 Å². The summed E-state index contributed by atoms with van der Waals surface area (Å²) in [4.78, 5) is 2.39. The Morgan fingerprint density at radius 2 is 1.94 bits per heavy atom. The van der Waals surface area contributed by atoms with Gasteiger partial charge in [0.05, 0.1) is 0 Å². The fraction of sp³-hybridized carbons (Fsp3) is 0.467. The van der Waals surface area contributed by atoms with E-state index < -0.39 is 0 Å². The Morgan fingerprint density at radius 1 is 1.18 bits per heavy atom. The predicted molar refractivity (Wildman–Crippen MR) is 70.4 cm³/mol. The third-order valence-electron chi connectivity index (χ3n) is 3.81. The summed E-state index contributed by atoms with van der Waals surface area (Å²) in [6.45, 7) is 4.49. The molecule has 17 heavy (non-hydrogen) atoms. The number of furan rings is 1. The summed E-state index contributed by atoms with van der Waals surface area (Å²) in [5.74, 6) is 1.79. The quantitative estimate of drug-likeness (QED) is 0.743. The summed E-state index contributed by atoms with van der Waals surface area (Å²) >= 11 is 0. The maximum absolute atomic E-state index is 5.98. The van der Waals surface area contributed by atoms with Crippen LogP contribution < -0.4 is 0 Å². The summed E-state index contributed by atoms with van der Waals surface area (Å²) in [5.41, 5.74) is 2.33. The average Bonchev–Trinajstić information content (AvgIpc) is 2.72. The Bertz CT molecular complexity index is 521. The fourth-order valence-corrected chi connectivity index (χ4v) is 2.68. The summed E-state index contributed by atoms with van der Waals surface area (Å²) < 4.78 is 5.98. The van der Waals surface area contributed by atoms with Crippen LogP contribution in [0.2, 0.25) is 0 Å². The molecule has 1 aromatic carbocycles. The van der Waals surface area contributed by atoms with Crippen molar-refractivity contribution < 1.29 is 4.42 Å². The minimum Gasteiger partial charge on any atom is -0.461 e. The van der Waals surface area contributed by atoms with Crippen molar-refractivity contribution in [1.82, 2.24) is 4.90 Å². The minimum atomic E-state index is 0.610. The third-order valence-corrected chi connectivity index (χ3v) is 3.81. The molecule has 2 heteroatoms. The van der Waals surface area contributed by atoms with Crippen LogP contribution >= 0.6 is 0 Å². The maximum Gasteiger partial charge on any atom is 0.134 e. The molecule has 1 aliphatic rings. The van der Waals surface area contributed by atoms with Gasteiger partial charge in [-0.3, -0.25) is 0 Å². The Balaban J connectivity index is 1.90. The Hall–Kier alpha value is -1.28. The number of fused-ring (bicyclic) bond motifs is 1. The molecular formula is C15H19NO. The number of nitrogens with zero attached hydrogens (tertiary/aromatic N) is 1. The van der Waals surface area contributed by atoms with Crippen LogP contribution in [0.4, 0.5) is 0 Å². The van der Waals surface area contributed by atoms with E-state index >= 15 is 0 Å². The molecule has 0 aliphatic carbocycles. The van der Waals surface area contributed by atoms with Crippen LogP contribution in [0.3, 0.4) is 0 Å². The molecule has 1 aromatic heterocycles. The topological polar surface area (TPSA) is 16.4 Å². The highest BCUT2D eigenvalue weighted by molar-refractivity contribution is 5.78. The van der Waals surface area contributed by atoms with Crippen molar-refractivity contribution in [2.45, 2.75) is 25.7 Å². The second-order valence-corrected chi connectivity index (χ2v) is 5.27. The third kappa shape index (κ3) is 2.09. The van der Waals surface area contributed by atoms with Gasteiger partial charge >= 0.3 is 0 Å². The molecule has 2 nitrogen and oxygen atoms in total. The van der Waals surface area contributed by atoms with E-state index in [0.29, 0.717) is 5.92 Å². The molecule has 0 radical (unpaired) electrons. The lowest BCUT2D eigenvalue weighted by atomic mass is 9.94. The van der Waals surface area contributed by atoms with E-state index in [1.807, 2.05) is 0 Å². The van der Waals surface area contributed by atoms with Gasteiger partial charge in [-0.1, -0.05) is 11.6 Å². The first-order valence-electron chi connectivity index (χ1n) is 6.41. The normalized spacial score (nSPS) is 18.9. The number of hydrogen-bond acceptors (Lipinski definition) is 2. The molecule has 2 heterocycles. The first kappa shape index (κ1) is 10.8. The smallest absolute Gasteiger partial charge is 0.134 e. The maximum atomic E-state index is 5.98. The van der Waals surface area contributed by atoms with Crippen molar-refractivity contribution in [1.29, 1.82) is 0 Å². The first-order valence-corrected chi connectivity index (χ1v) is 6.41. The van der Waals surface area contributed by atoms with Gasteiger partial charge in [0.15, 0.2) is 0 Å². The molecule has 1 aliphatic heterocycles. The van der Waals surface area contributed by atoms with E-state index in [0.717, 1.165) is 5.58 Å². The first-order chi connectivity index (χ1) is 8.22. The lowest BCUT2D eigenvalue weighted by Gasteiger charge is -2.27. The number of aryl methyl sites for hydroxylation is 1. The van der Waals surface area contributed by atoms with E-state index in [1.165, 1.54) is 42.6 Å². The van der Waals surface area contributed by atoms with E-state index in [9.17, 15) is 0 Å². The molecule has 0 amide bonds. The summed E-state index contributed by atoms with van der Waals surface area (Å²) in [6.07, 6.45) is 2.44. The van der Waals surface area contributed by atoms with E-state index in [4.69, 9.17) is 4.42 Å². The van der Waals surface area contributed by atoms with Crippen LogP contribution in [-0.2, 0) is 0 Å². The van der Waals surface area contributed by atoms with E-state index in [2.05, 4.69) is 43.1 Å². The summed E-state index contributed by atoms with van der Waals surface area (Å²) in [6, 6.07) is 8.64. The largest absolute Gasteiger partial charge is 0.461 e. The van der Waals surface area contributed by atoms with Crippen LogP contribution in [0, 0.1) is 6.92 Å². The number of benzene rings is 1. The highest BCUT2D eigenvalue weighted by Gasteiger charge is 2.21. The van der Waals surface area contributed by atoms with Crippen LogP contribution in [-0.4, -0.2) is 25.0 Å². The fourth-order valence-electron chi connectivity index (χ4n) is 2.68. The summed E-state index contributed by atoms with van der Waals surface area (Å²) in [7, 11) is 2.19. The van der Waals surface area contributed by atoms with Gasteiger partial charge in [-0.25, -0.2) is 0 Å². The lowest BCUT2D eigenvalue weighted by Crippen LogP contribution is -2.29. The van der Waals surface area contributed by atoms with Crippen LogP contribution in [0.1, 0.15) is 30.1 Å². The SMILES string of the molecule is Cc1ccc2oc(C3CCN(C)CC3)cc2c1. The Kier molecular flexibility index (Phi) is 2.67. The van der Waals surface area contributed by atoms with Gasteiger partial charge in [0.1, 0.15) is 11.3 Å². The number of rotatable bonds is 1. The van der Waals surface area contributed by atoms with E-state index in [-0.39, 0.29) is 0 Å². The highest BCUT2D eigenvalue weighted by atomic mass is 16.3. The van der Waals surface area contributed by atoms with Gasteiger partial charge in [-0.05, 0) is 58.1 Å². The molecule has 3 rings (SSSR count). The molecule has 2 aromatic rings. The zero-order chi connectivity index (χ0) is 11.8. The van der Waals surface area contributed by atoms with Crippen LogP contribution in [0.5, 0.6) is 0 Å². The minimum absolute atomic E-state index is 0.610. The van der Waals surface area contributed by atoms with Crippen LogP contribution in [0.15, 0.2) is 28.7 Å². The second kappa shape index (κ2) is 4.19. The molecule has 0 saturated carbocycles. The second-order valence-electron chi connectivity index (χ2n) is 5.27. The average molecular weight is 229 g/mol. The Labute approximate surface area is 102 Å². The number of hydrogen-bond donors (Lipinski definition) is 0. The van der Waals surface area contributed by atoms with Crippen LogP contribution in [0.25, 0.3) is 11.0 Å². The Morgan fingerprint density at radius 3 is 2.71 bits per heavy atom. The van der Waals surface area contributed by atoms with Gasteiger partial charge < -0.3 is 9.32 Å². The molecule has 1 saturated heterocycles.